The Bertz CT molecular complexity index is 234. The second-order valence-corrected chi connectivity index (χ2v) is 10.1. The molecule has 0 nitrogen and oxygen atoms in total. The molecule has 0 aliphatic carbocycles. The van der Waals surface area contributed by atoms with Gasteiger partial charge in [0.15, 0.2) is 0 Å². The zero-order valence-electron chi connectivity index (χ0n) is 18.3. The molecule has 0 aromatic rings. The molecule has 0 aromatic carbocycles. The molecule has 0 amide bonds. The molecule has 0 fully saturated rings. The summed E-state index contributed by atoms with van der Waals surface area (Å²) >= 11 is 0. The van der Waals surface area contributed by atoms with Crippen LogP contribution in [-0.4, -0.2) is 0 Å². The third-order valence-corrected chi connectivity index (χ3v) is 2.17. The summed E-state index contributed by atoms with van der Waals surface area (Å²) < 4.78 is 0. The fraction of sp³-hybridized carbons (Fsp3) is 0.818. The van der Waals surface area contributed by atoms with Crippen LogP contribution in [0.1, 0.15) is 96.9 Å². The van der Waals surface area contributed by atoms with E-state index in [2.05, 4.69) is 107 Å². The standard InChI is InChI=1S/2C10H20.C2H6/c2*1-9(2,3)7-8-10(4,5)6;1-2/h2*7-8H,1-6H3;1-2H3. The summed E-state index contributed by atoms with van der Waals surface area (Å²) in [6, 6.07) is 0. The van der Waals surface area contributed by atoms with Gasteiger partial charge in [-0.1, -0.05) is 121 Å². The van der Waals surface area contributed by atoms with Crippen LogP contribution in [0.2, 0.25) is 0 Å². The largest absolute Gasteiger partial charge is 0.0826 e. The highest BCUT2D eigenvalue weighted by Gasteiger charge is 2.09. The average Bonchev–Trinajstić information content (AvgIpc) is 2.24. The van der Waals surface area contributed by atoms with E-state index >= 15 is 0 Å². The summed E-state index contributed by atoms with van der Waals surface area (Å²) in [5, 5.41) is 0. The zero-order valence-corrected chi connectivity index (χ0v) is 18.3. The normalized spacial score (nSPS) is 13.5. The number of hydrogen-bond donors (Lipinski definition) is 0. The predicted molar refractivity (Wildman–Crippen MR) is 107 cm³/mol. The van der Waals surface area contributed by atoms with Crippen molar-refractivity contribution in [3.8, 4) is 0 Å². The van der Waals surface area contributed by atoms with Crippen molar-refractivity contribution in [1.82, 2.24) is 0 Å². The molecule has 0 spiro atoms. The quantitative estimate of drug-likeness (QED) is 0.395. The third kappa shape index (κ3) is 36.6. The Morgan fingerprint density at radius 3 is 0.455 bits per heavy atom. The van der Waals surface area contributed by atoms with Crippen LogP contribution in [0.5, 0.6) is 0 Å². The molecule has 0 heterocycles. The Balaban J connectivity index is -0.000000294. The van der Waals surface area contributed by atoms with E-state index in [4.69, 9.17) is 0 Å². The number of hydrogen-bond acceptors (Lipinski definition) is 0. The van der Waals surface area contributed by atoms with Crippen molar-refractivity contribution in [3.63, 3.8) is 0 Å². The molecule has 0 N–H and O–H groups in total. The molecule has 0 rings (SSSR count). The number of rotatable bonds is 0. The number of allylic oxidation sites excluding steroid dienone is 4. The topological polar surface area (TPSA) is 0 Å². The molecule has 0 aliphatic heterocycles. The van der Waals surface area contributed by atoms with Gasteiger partial charge in [0.1, 0.15) is 0 Å². The first-order valence-corrected chi connectivity index (χ1v) is 8.82. The Hall–Kier alpha value is -0.520. The lowest BCUT2D eigenvalue weighted by atomic mass is 9.89. The Labute approximate surface area is 143 Å². The van der Waals surface area contributed by atoms with Gasteiger partial charge in [-0.15, -0.1) is 0 Å². The first kappa shape index (κ1) is 26.4. The van der Waals surface area contributed by atoms with Crippen LogP contribution < -0.4 is 0 Å². The highest BCUT2D eigenvalue weighted by atomic mass is 14.1. The van der Waals surface area contributed by atoms with Crippen LogP contribution in [-0.2, 0) is 0 Å². The van der Waals surface area contributed by atoms with E-state index in [0.717, 1.165) is 0 Å². The van der Waals surface area contributed by atoms with Gasteiger partial charge < -0.3 is 0 Å². The van der Waals surface area contributed by atoms with E-state index in [9.17, 15) is 0 Å². The monoisotopic (exact) mass is 310 g/mol. The summed E-state index contributed by atoms with van der Waals surface area (Å²) in [5.41, 5.74) is 1.31. The highest BCUT2D eigenvalue weighted by molar-refractivity contribution is 4.99. The maximum absolute atomic E-state index is 2.27. The van der Waals surface area contributed by atoms with E-state index < -0.39 is 0 Å². The predicted octanol–water partition coefficient (Wildman–Crippen LogP) is 8.30. The first-order valence-electron chi connectivity index (χ1n) is 8.82. The Morgan fingerprint density at radius 2 is 0.409 bits per heavy atom. The van der Waals surface area contributed by atoms with Crippen molar-refractivity contribution in [3.05, 3.63) is 24.3 Å². The van der Waals surface area contributed by atoms with E-state index in [0.29, 0.717) is 21.7 Å². The minimum absolute atomic E-state index is 0.327. The van der Waals surface area contributed by atoms with Crippen molar-refractivity contribution < 1.29 is 0 Å². The molecule has 0 atom stereocenters. The zero-order chi connectivity index (χ0) is 18.8. The second-order valence-electron chi connectivity index (χ2n) is 10.1. The molecular weight excluding hydrogens is 264 g/mol. The van der Waals surface area contributed by atoms with Gasteiger partial charge in [-0.25, -0.2) is 0 Å². The summed E-state index contributed by atoms with van der Waals surface area (Å²) in [6.45, 7) is 30.6. The fourth-order valence-corrected chi connectivity index (χ4v) is 1.00. The smallest absolute Gasteiger partial charge is 0.0203 e. The fourth-order valence-electron chi connectivity index (χ4n) is 1.00. The maximum atomic E-state index is 2.27. The van der Waals surface area contributed by atoms with Gasteiger partial charge in [0.05, 0.1) is 0 Å². The van der Waals surface area contributed by atoms with Gasteiger partial charge >= 0.3 is 0 Å². The highest BCUT2D eigenvalue weighted by Crippen LogP contribution is 2.22. The van der Waals surface area contributed by atoms with Crippen LogP contribution >= 0.6 is 0 Å². The van der Waals surface area contributed by atoms with Gasteiger partial charge in [0, 0.05) is 0 Å². The van der Waals surface area contributed by atoms with Crippen LogP contribution in [0, 0.1) is 21.7 Å². The van der Waals surface area contributed by atoms with Crippen molar-refractivity contribution in [2.24, 2.45) is 21.7 Å². The van der Waals surface area contributed by atoms with E-state index in [1.165, 1.54) is 0 Å². The SMILES string of the molecule is CC.CC(C)(C)C=CC(C)(C)C.CC(C)(C)C=CC(C)(C)C. The van der Waals surface area contributed by atoms with Gasteiger partial charge in [0.2, 0.25) is 0 Å². The maximum Gasteiger partial charge on any atom is -0.0203 e. The van der Waals surface area contributed by atoms with E-state index in [1.54, 1.807) is 0 Å². The molecule has 0 unspecified atom stereocenters. The molecule has 22 heavy (non-hydrogen) atoms. The molecular formula is C22H46. The average molecular weight is 311 g/mol. The molecule has 0 aliphatic rings. The molecule has 0 radical (unpaired) electrons. The molecule has 0 aromatic heterocycles. The van der Waals surface area contributed by atoms with Crippen molar-refractivity contribution in [2.45, 2.75) is 96.9 Å². The van der Waals surface area contributed by atoms with Gasteiger partial charge in [-0.05, 0) is 21.7 Å². The minimum Gasteiger partial charge on any atom is -0.0826 e. The van der Waals surface area contributed by atoms with Crippen LogP contribution in [0.3, 0.4) is 0 Å². The molecule has 0 heteroatoms. The summed E-state index contributed by atoms with van der Waals surface area (Å²) in [7, 11) is 0. The van der Waals surface area contributed by atoms with Gasteiger partial charge in [0.25, 0.3) is 0 Å². The molecule has 0 saturated carbocycles. The van der Waals surface area contributed by atoms with Crippen LogP contribution in [0.25, 0.3) is 0 Å². The first-order chi connectivity index (χ1) is 9.41. The third-order valence-electron chi connectivity index (χ3n) is 2.17. The molecule has 134 valence electrons. The second kappa shape index (κ2) is 10.3. The van der Waals surface area contributed by atoms with Crippen molar-refractivity contribution in [1.29, 1.82) is 0 Å². The van der Waals surface area contributed by atoms with E-state index in [-0.39, 0.29) is 0 Å². The summed E-state index contributed by atoms with van der Waals surface area (Å²) in [5.74, 6) is 0. The lowest BCUT2D eigenvalue weighted by Crippen LogP contribution is -2.04. The van der Waals surface area contributed by atoms with Crippen molar-refractivity contribution >= 4 is 0 Å². The van der Waals surface area contributed by atoms with Gasteiger partial charge in [-0.3, -0.25) is 0 Å². The van der Waals surface area contributed by atoms with Crippen LogP contribution in [0.4, 0.5) is 0 Å². The van der Waals surface area contributed by atoms with Crippen molar-refractivity contribution in [2.75, 3.05) is 0 Å². The molecule has 0 bridgehead atoms. The lowest BCUT2D eigenvalue weighted by Gasteiger charge is -2.17. The lowest BCUT2D eigenvalue weighted by molar-refractivity contribution is 0.502. The Kier molecular flexibility index (Phi) is 12.3. The summed E-state index contributed by atoms with van der Waals surface area (Å²) in [4.78, 5) is 0. The summed E-state index contributed by atoms with van der Waals surface area (Å²) in [6.07, 6.45) is 9.08. The van der Waals surface area contributed by atoms with Gasteiger partial charge in [-0.2, -0.15) is 0 Å². The minimum atomic E-state index is 0.327. The van der Waals surface area contributed by atoms with E-state index in [1.807, 2.05) is 13.8 Å². The Morgan fingerprint density at radius 1 is 0.318 bits per heavy atom. The molecule has 0 saturated heterocycles. The van der Waals surface area contributed by atoms with Crippen LogP contribution in [0.15, 0.2) is 24.3 Å².